The molecular weight excluding hydrogens is 312 g/mol. The van der Waals surface area contributed by atoms with E-state index in [2.05, 4.69) is 34.2 Å². The summed E-state index contributed by atoms with van der Waals surface area (Å²) in [6.45, 7) is 0. The number of carbonyl (C=O) groups excluding carboxylic acids is 1. The standard InChI is InChI=1S/C20H14N4O/c21-20(25)24-17-11-22-9-8-16(17)23-19(24)15-7-3-5-13-10-12-4-1-2-6-14(12)18(13)15/h1-9,11H,10H2,(H2,21,25). The van der Waals surface area contributed by atoms with E-state index in [4.69, 9.17) is 5.73 Å². The molecule has 0 atom stereocenters. The van der Waals surface area contributed by atoms with Gasteiger partial charge in [-0.05, 0) is 34.7 Å². The first-order valence-electron chi connectivity index (χ1n) is 8.07. The Kier molecular flexibility index (Phi) is 2.79. The molecule has 1 aliphatic rings. The fourth-order valence-electron chi connectivity index (χ4n) is 3.70. The van der Waals surface area contributed by atoms with E-state index in [1.807, 2.05) is 18.2 Å². The van der Waals surface area contributed by atoms with Gasteiger partial charge in [-0.2, -0.15) is 0 Å². The third kappa shape index (κ3) is 1.92. The molecule has 0 spiro atoms. The molecule has 2 aromatic carbocycles. The Morgan fingerprint density at radius 2 is 1.80 bits per heavy atom. The van der Waals surface area contributed by atoms with Gasteiger partial charge in [-0.3, -0.25) is 4.98 Å². The van der Waals surface area contributed by atoms with Crippen molar-refractivity contribution in [1.82, 2.24) is 14.5 Å². The van der Waals surface area contributed by atoms with Gasteiger partial charge in [0, 0.05) is 11.8 Å². The summed E-state index contributed by atoms with van der Waals surface area (Å²) in [7, 11) is 0. The number of pyridine rings is 1. The third-order valence-electron chi connectivity index (χ3n) is 4.74. The first kappa shape index (κ1) is 13.9. The van der Waals surface area contributed by atoms with E-state index in [1.165, 1.54) is 21.3 Å². The van der Waals surface area contributed by atoms with E-state index >= 15 is 0 Å². The number of fused-ring (bicyclic) bond motifs is 4. The van der Waals surface area contributed by atoms with E-state index in [0.29, 0.717) is 16.9 Å². The lowest BCUT2D eigenvalue weighted by molar-refractivity contribution is 0.251. The fraction of sp³-hybridized carbons (Fsp3) is 0.0500. The summed E-state index contributed by atoms with van der Waals surface area (Å²) in [6, 6.07) is 15.7. The zero-order valence-corrected chi connectivity index (χ0v) is 13.3. The molecule has 0 radical (unpaired) electrons. The number of carbonyl (C=O) groups is 1. The number of hydrogen-bond acceptors (Lipinski definition) is 3. The van der Waals surface area contributed by atoms with Crippen molar-refractivity contribution in [3.63, 3.8) is 0 Å². The van der Waals surface area contributed by atoms with Crippen LogP contribution in [-0.4, -0.2) is 20.6 Å². The van der Waals surface area contributed by atoms with Crippen LogP contribution in [0.3, 0.4) is 0 Å². The zero-order valence-electron chi connectivity index (χ0n) is 13.3. The van der Waals surface area contributed by atoms with Crippen LogP contribution in [0.2, 0.25) is 0 Å². The highest BCUT2D eigenvalue weighted by atomic mass is 16.2. The monoisotopic (exact) mass is 326 g/mol. The SMILES string of the molecule is NC(=O)n1c(-c2cccc3c2-c2ccccc2C3)nc2ccncc21. The van der Waals surface area contributed by atoms with Crippen molar-refractivity contribution in [3.05, 3.63) is 72.1 Å². The number of imidazole rings is 1. The van der Waals surface area contributed by atoms with Gasteiger partial charge in [0.2, 0.25) is 0 Å². The van der Waals surface area contributed by atoms with Crippen molar-refractivity contribution in [2.24, 2.45) is 5.73 Å². The van der Waals surface area contributed by atoms with E-state index in [-0.39, 0.29) is 0 Å². The van der Waals surface area contributed by atoms with Crippen molar-refractivity contribution in [1.29, 1.82) is 0 Å². The molecule has 0 saturated heterocycles. The quantitative estimate of drug-likeness (QED) is 0.511. The van der Waals surface area contributed by atoms with Gasteiger partial charge in [0.15, 0.2) is 0 Å². The summed E-state index contributed by atoms with van der Waals surface area (Å²) in [4.78, 5) is 20.9. The first-order chi connectivity index (χ1) is 12.2. The van der Waals surface area contributed by atoms with Crippen LogP contribution in [0.4, 0.5) is 4.79 Å². The van der Waals surface area contributed by atoms with Crippen LogP contribution in [0.25, 0.3) is 33.5 Å². The van der Waals surface area contributed by atoms with E-state index in [9.17, 15) is 4.79 Å². The summed E-state index contributed by atoms with van der Waals surface area (Å²) in [6.07, 6.45) is 4.17. The molecule has 25 heavy (non-hydrogen) atoms. The number of hydrogen-bond donors (Lipinski definition) is 1. The highest BCUT2D eigenvalue weighted by Gasteiger charge is 2.25. The average Bonchev–Trinajstić information content (AvgIpc) is 3.19. The Balaban J connectivity index is 1.86. The minimum absolute atomic E-state index is 0.559. The molecule has 0 fully saturated rings. The van der Waals surface area contributed by atoms with Crippen LogP contribution < -0.4 is 5.73 Å². The smallest absolute Gasteiger partial charge is 0.325 e. The van der Waals surface area contributed by atoms with Crippen molar-refractivity contribution in [2.75, 3.05) is 0 Å². The Labute approximate surface area is 143 Å². The molecule has 120 valence electrons. The van der Waals surface area contributed by atoms with Gasteiger partial charge in [-0.15, -0.1) is 0 Å². The summed E-state index contributed by atoms with van der Waals surface area (Å²) < 4.78 is 1.44. The third-order valence-corrected chi connectivity index (χ3v) is 4.74. The highest BCUT2D eigenvalue weighted by molar-refractivity contribution is 5.97. The second kappa shape index (κ2) is 5.01. The number of nitrogens with two attached hydrogens (primary N) is 1. The molecule has 0 aliphatic heterocycles. The first-order valence-corrected chi connectivity index (χ1v) is 8.07. The maximum absolute atomic E-state index is 12.1. The molecule has 5 rings (SSSR count). The van der Waals surface area contributed by atoms with Crippen molar-refractivity contribution >= 4 is 17.1 Å². The minimum atomic E-state index is -0.561. The van der Waals surface area contributed by atoms with Gasteiger partial charge in [-0.1, -0.05) is 42.5 Å². The molecule has 2 aromatic heterocycles. The molecule has 1 aliphatic carbocycles. The molecule has 2 N–H and O–H groups in total. The normalized spacial score (nSPS) is 12.2. The van der Waals surface area contributed by atoms with E-state index in [1.54, 1.807) is 18.5 Å². The Bertz CT molecular complexity index is 1160. The Morgan fingerprint density at radius 1 is 1.00 bits per heavy atom. The van der Waals surface area contributed by atoms with Crippen molar-refractivity contribution < 1.29 is 4.79 Å². The zero-order chi connectivity index (χ0) is 17.0. The van der Waals surface area contributed by atoms with Gasteiger partial charge >= 0.3 is 6.03 Å². The second-order valence-corrected chi connectivity index (χ2v) is 6.15. The molecule has 4 aromatic rings. The number of aromatic nitrogens is 3. The summed E-state index contributed by atoms with van der Waals surface area (Å²) in [5.41, 5.74) is 12.7. The molecule has 5 heteroatoms. The number of benzene rings is 2. The van der Waals surface area contributed by atoms with Gasteiger partial charge in [0.25, 0.3) is 0 Å². The van der Waals surface area contributed by atoms with Crippen LogP contribution in [0.1, 0.15) is 11.1 Å². The van der Waals surface area contributed by atoms with Crippen LogP contribution in [0.5, 0.6) is 0 Å². The number of rotatable bonds is 1. The van der Waals surface area contributed by atoms with E-state index in [0.717, 1.165) is 17.5 Å². The molecule has 0 saturated carbocycles. The second-order valence-electron chi connectivity index (χ2n) is 6.15. The Hall–Kier alpha value is -3.47. The van der Waals surface area contributed by atoms with Crippen molar-refractivity contribution in [2.45, 2.75) is 6.42 Å². The molecule has 0 bridgehead atoms. The number of amides is 1. The maximum atomic E-state index is 12.1. The summed E-state index contributed by atoms with van der Waals surface area (Å²) >= 11 is 0. The topological polar surface area (TPSA) is 73.8 Å². The minimum Gasteiger partial charge on any atom is -0.351 e. The van der Waals surface area contributed by atoms with E-state index < -0.39 is 6.03 Å². The summed E-state index contributed by atoms with van der Waals surface area (Å²) in [5.74, 6) is 0.559. The highest BCUT2D eigenvalue weighted by Crippen LogP contribution is 2.42. The number of primary amides is 1. The maximum Gasteiger partial charge on any atom is 0.325 e. The van der Waals surface area contributed by atoms with Gasteiger partial charge in [0.05, 0.1) is 17.2 Å². The fourth-order valence-corrected chi connectivity index (χ4v) is 3.70. The van der Waals surface area contributed by atoms with Crippen LogP contribution in [-0.2, 0) is 6.42 Å². The van der Waals surface area contributed by atoms with Crippen LogP contribution >= 0.6 is 0 Å². The summed E-state index contributed by atoms with van der Waals surface area (Å²) in [5, 5.41) is 0. The molecule has 2 heterocycles. The Morgan fingerprint density at radius 3 is 2.68 bits per heavy atom. The van der Waals surface area contributed by atoms with Gasteiger partial charge in [0.1, 0.15) is 5.82 Å². The van der Waals surface area contributed by atoms with Crippen LogP contribution in [0, 0.1) is 0 Å². The molecule has 5 nitrogen and oxygen atoms in total. The molecule has 1 amide bonds. The predicted octanol–water partition coefficient (Wildman–Crippen LogP) is 3.60. The largest absolute Gasteiger partial charge is 0.351 e. The van der Waals surface area contributed by atoms with Gasteiger partial charge < -0.3 is 5.73 Å². The molecule has 0 unspecified atom stereocenters. The average molecular weight is 326 g/mol. The molecular formula is C20H14N4O. The lowest BCUT2D eigenvalue weighted by Gasteiger charge is -2.10. The lowest BCUT2D eigenvalue weighted by atomic mass is 9.99. The van der Waals surface area contributed by atoms with Crippen molar-refractivity contribution in [3.8, 4) is 22.5 Å². The van der Waals surface area contributed by atoms with Crippen LogP contribution in [0.15, 0.2) is 60.9 Å². The van der Waals surface area contributed by atoms with Gasteiger partial charge in [-0.25, -0.2) is 14.3 Å². The lowest BCUT2D eigenvalue weighted by Crippen LogP contribution is -2.20. The predicted molar refractivity (Wildman–Crippen MR) is 96.2 cm³/mol. The number of nitrogens with zero attached hydrogens (tertiary/aromatic N) is 3.